The van der Waals surface area contributed by atoms with Crippen LogP contribution in [0.1, 0.15) is 26.6 Å². The fourth-order valence-corrected chi connectivity index (χ4v) is 2.75. The Hall–Kier alpha value is -1.40. The highest BCUT2D eigenvalue weighted by molar-refractivity contribution is 8.13. The van der Waals surface area contributed by atoms with E-state index in [0.717, 1.165) is 0 Å². The molecule has 0 saturated heterocycles. The van der Waals surface area contributed by atoms with E-state index in [4.69, 9.17) is 10.7 Å². The van der Waals surface area contributed by atoms with Crippen molar-refractivity contribution in [2.24, 2.45) is 5.41 Å². The van der Waals surface area contributed by atoms with Crippen LogP contribution in [0.25, 0.3) is 5.69 Å². The first-order chi connectivity index (χ1) is 9.18. The second kappa shape index (κ2) is 5.18. The second-order valence-corrected chi connectivity index (χ2v) is 8.20. The molecule has 0 N–H and O–H groups in total. The number of benzene rings is 1. The molecule has 108 valence electrons. The maximum absolute atomic E-state index is 11.6. The summed E-state index contributed by atoms with van der Waals surface area (Å²) in [5.41, 5.74) is 0.628. The van der Waals surface area contributed by atoms with E-state index in [1.165, 1.54) is 4.57 Å². The van der Waals surface area contributed by atoms with Crippen LogP contribution in [0.2, 0.25) is 0 Å². The molecule has 1 heterocycles. The first kappa shape index (κ1) is 15.0. The van der Waals surface area contributed by atoms with Gasteiger partial charge >= 0.3 is 0 Å². The fraction of sp³-hybridized carbons (Fsp3) is 0.385. The van der Waals surface area contributed by atoms with Crippen LogP contribution in [0.3, 0.4) is 0 Å². The topological polar surface area (TPSA) is 64.8 Å². The maximum Gasteiger partial charge on any atom is 0.297 e. The normalized spacial score (nSPS) is 12.6. The summed E-state index contributed by atoms with van der Waals surface area (Å²) >= 11 is 0. The van der Waals surface area contributed by atoms with E-state index in [1.54, 1.807) is 12.1 Å². The molecule has 1 aromatic carbocycles. The van der Waals surface area contributed by atoms with Crippen molar-refractivity contribution in [1.82, 2.24) is 14.8 Å². The average molecular weight is 314 g/mol. The summed E-state index contributed by atoms with van der Waals surface area (Å²) in [7, 11) is 1.49. The fourth-order valence-electron chi connectivity index (χ4n) is 1.88. The molecule has 1 aromatic heterocycles. The van der Waals surface area contributed by atoms with Crippen molar-refractivity contribution in [3.63, 3.8) is 0 Å². The largest absolute Gasteiger partial charge is 0.297 e. The summed E-state index contributed by atoms with van der Waals surface area (Å²) < 4.78 is 24.8. The monoisotopic (exact) mass is 313 g/mol. The van der Waals surface area contributed by atoms with Crippen molar-refractivity contribution < 1.29 is 8.42 Å². The van der Waals surface area contributed by atoms with Gasteiger partial charge in [-0.05, 0) is 17.5 Å². The highest BCUT2D eigenvalue weighted by Gasteiger charge is 2.26. The van der Waals surface area contributed by atoms with Crippen molar-refractivity contribution in [2.45, 2.75) is 32.3 Å². The lowest BCUT2D eigenvalue weighted by molar-refractivity contribution is 0.397. The van der Waals surface area contributed by atoms with Crippen LogP contribution >= 0.6 is 10.7 Å². The molecule has 0 aliphatic rings. The SMILES string of the molecule is CC(C)(C)Cc1nnc(S(=O)(=O)Cl)n1-c1ccccc1. The lowest BCUT2D eigenvalue weighted by Gasteiger charge is -2.18. The molecule has 0 aliphatic heterocycles. The van der Waals surface area contributed by atoms with Gasteiger partial charge in [0.05, 0.1) is 0 Å². The van der Waals surface area contributed by atoms with Gasteiger partial charge in [0.25, 0.3) is 14.2 Å². The van der Waals surface area contributed by atoms with E-state index in [9.17, 15) is 8.42 Å². The van der Waals surface area contributed by atoms with Crippen LogP contribution in [-0.2, 0) is 15.5 Å². The van der Waals surface area contributed by atoms with Crippen molar-refractivity contribution in [3.05, 3.63) is 36.2 Å². The highest BCUT2D eigenvalue weighted by atomic mass is 35.7. The van der Waals surface area contributed by atoms with Gasteiger partial charge in [0.2, 0.25) is 0 Å². The Labute approximate surface area is 123 Å². The number of aromatic nitrogens is 3. The first-order valence-electron chi connectivity index (χ1n) is 6.13. The Kier molecular flexibility index (Phi) is 3.88. The summed E-state index contributed by atoms with van der Waals surface area (Å²) in [4.78, 5) is 0. The average Bonchev–Trinajstić information content (AvgIpc) is 2.71. The highest BCUT2D eigenvalue weighted by Crippen LogP contribution is 2.25. The van der Waals surface area contributed by atoms with E-state index in [1.807, 2.05) is 39.0 Å². The predicted octanol–water partition coefficient (Wildman–Crippen LogP) is 2.78. The third-order valence-electron chi connectivity index (χ3n) is 2.62. The molecule has 2 aromatic rings. The Bertz CT molecular complexity index is 703. The molecule has 0 saturated carbocycles. The predicted molar refractivity (Wildman–Crippen MR) is 77.6 cm³/mol. The van der Waals surface area contributed by atoms with Gasteiger partial charge in [-0.15, -0.1) is 10.2 Å². The molecule has 2 rings (SSSR count). The van der Waals surface area contributed by atoms with Gasteiger partial charge in [0.1, 0.15) is 5.82 Å². The smallest absolute Gasteiger partial charge is 0.269 e. The minimum atomic E-state index is -3.95. The summed E-state index contributed by atoms with van der Waals surface area (Å²) in [5.74, 6) is 0.572. The second-order valence-electron chi connectivity index (χ2n) is 5.75. The van der Waals surface area contributed by atoms with Crippen molar-refractivity contribution in [3.8, 4) is 5.69 Å². The van der Waals surface area contributed by atoms with Crippen LogP contribution in [0.15, 0.2) is 35.5 Å². The van der Waals surface area contributed by atoms with Crippen molar-refractivity contribution >= 4 is 19.7 Å². The lowest BCUT2D eigenvalue weighted by Crippen LogP contribution is -2.15. The Morgan fingerprint density at radius 1 is 1.15 bits per heavy atom. The molecule has 0 atom stereocenters. The van der Waals surface area contributed by atoms with Gasteiger partial charge in [-0.2, -0.15) is 0 Å². The van der Waals surface area contributed by atoms with Crippen molar-refractivity contribution in [1.29, 1.82) is 0 Å². The molecular formula is C13H16ClN3O2S. The summed E-state index contributed by atoms with van der Waals surface area (Å²) in [6.07, 6.45) is 0.585. The van der Waals surface area contributed by atoms with Crippen LogP contribution in [0.5, 0.6) is 0 Å². The number of para-hydroxylation sites is 1. The third-order valence-corrected chi connectivity index (χ3v) is 3.74. The zero-order valence-electron chi connectivity index (χ0n) is 11.5. The first-order valence-corrected chi connectivity index (χ1v) is 8.44. The van der Waals surface area contributed by atoms with Crippen molar-refractivity contribution in [2.75, 3.05) is 0 Å². The van der Waals surface area contributed by atoms with E-state index in [-0.39, 0.29) is 10.6 Å². The van der Waals surface area contributed by atoms with E-state index in [2.05, 4.69) is 10.2 Å². The zero-order chi connectivity index (χ0) is 15.0. The zero-order valence-corrected chi connectivity index (χ0v) is 13.1. The van der Waals surface area contributed by atoms with Gasteiger partial charge in [-0.1, -0.05) is 39.0 Å². The number of hydrogen-bond donors (Lipinski definition) is 0. The van der Waals surface area contributed by atoms with E-state index < -0.39 is 9.05 Å². The standard InChI is InChI=1S/C13H16ClN3O2S/c1-13(2,3)9-11-15-16-12(20(14,18)19)17(11)10-7-5-4-6-8-10/h4-8H,9H2,1-3H3. The molecule has 7 heteroatoms. The van der Waals surface area contributed by atoms with Gasteiger partial charge in [-0.25, -0.2) is 8.42 Å². The quantitative estimate of drug-likeness (QED) is 0.817. The number of rotatable bonds is 3. The maximum atomic E-state index is 11.6. The molecule has 0 amide bonds. The molecule has 0 fully saturated rings. The van der Waals surface area contributed by atoms with Gasteiger partial charge in [0, 0.05) is 22.8 Å². The van der Waals surface area contributed by atoms with Gasteiger partial charge in [-0.3, -0.25) is 4.57 Å². The van der Waals surface area contributed by atoms with E-state index >= 15 is 0 Å². The minimum absolute atomic E-state index is 0.0487. The molecule has 0 spiro atoms. The van der Waals surface area contributed by atoms with Crippen LogP contribution in [0.4, 0.5) is 0 Å². The molecule has 0 aliphatic carbocycles. The van der Waals surface area contributed by atoms with E-state index in [0.29, 0.717) is 17.9 Å². The summed E-state index contributed by atoms with van der Waals surface area (Å²) in [6, 6.07) is 9.08. The van der Waals surface area contributed by atoms with Crippen LogP contribution in [0, 0.1) is 5.41 Å². The molecule has 20 heavy (non-hydrogen) atoms. The van der Waals surface area contributed by atoms with Crippen LogP contribution < -0.4 is 0 Å². The summed E-state index contributed by atoms with van der Waals surface area (Å²) in [5, 5.41) is 7.49. The van der Waals surface area contributed by atoms with Crippen LogP contribution in [-0.4, -0.2) is 23.2 Å². The Morgan fingerprint density at radius 2 is 1.75 bits per heavy atom. The lowest BCUT2D eigenvalue weighted by atomic mass is 9.92. The molecule has 0 unspecified atom stereocenters. The van der Waals surface area contributed by atoms with Gasteiger partial charge < -0.3 is 0 Å². The Morgan fingerprint density at radius 3 is 2.25 bits per heavy atom. The number of nitrogens with zero attached hydrogens (tertiary/aromatic N) is 3. The third kappa shape index (κ3) is 3.37. The molecular weight excluding hydrogens is 298 g/mol. The molecule has 5 nitrogen and oxygen atoms in total. The molecule has 0 radical (unpaired) electrons. The molecule has 0 bridgehead atoms. The van der Waals surface area contributed by atoms with Gasteiger partial charge in [0.15, 0.2) is 0 Å². The Balaban J connectivity index is 2.64. The summed E-state index contributed by atoms with van der Waals surface area (Å²) in [6.45, 7) is 6.14. The number of hydrogen-bond acceptors (Lipinski definition) is 4. The number of halogens is 1. The minimum Gasteiger partial charge on any atom is -0.269 e.